The lowest BCUT2D eigenvalue weighted by molar-refractivity contribution is 0.516. The second-order valence-corrected chi connectivity index (χ2v) is 7.75. The molecule has 0 saturated heterocycles. The van der Waals surface area contributed by atoms with E-state index in [1.54, 1.807) is 12.5 Å². The third kappa shape index (κ3) is 5.23. The SMILES string of the molecule is CC(C)CCn1cnc(/C=N/[S@@+]([O-])C(C)(C)C)c1. The van der Waals surface area contributed by atoms with Crippen LogP contribution < -0.4 is 0 Å². The zero-order valence-electron chi connectivity index (χ0n) is 11.9. The summed E-state index contributed by atoms with van der Waals surface area (Å²) in [6.45, 7) is 11.1. The van der Waals surface area contributed by atoms with E-state index in [4.69, 9.17) is 0 Å². The predicted octanol–water partition coefficient (Wildman–Crippen LogP) is 2.81. The van der Waals surface area contributed by atoms with E-state index >= 15 is 0 Å². The highest BCUT2D eigenvalue weighted by Gasteiger charge is 2.25. The largest absolute Gasteiger partial charge is 0.591 e. The topological polar surface area (TPSA) is 53.2 Å². The molecule has 0 N–H and O–H groups in total. The smallest absolute Gasteiger partial charge is 0.144 e. The van der Waals surface area contributed by atoms with Crippen molar-refractivity contribution in [2.75, 3.05) is 0 Å². The molecule has 4 nitrogen and oxygen atoms in total. The van der Waals surface area contributed by atoms with Crippen LogP contribution in [0.1, 0.15) is 46.7 Å². The number of hydrogen-bond donors (Lipinski definition) is 0. The Morgan fingerprint density at radius 1 is 1.50 bits per heavy atom. The fourth-order valence-corrected chi connectivity index (χ4v) is 1.75. The molecule has 0 fully saturated rings. The fourth-order valence-electron chi connectivity index (χ4n) is 1.23. The van der Waals surface area contributed by atoms with Crippen LogP contribution in [0.5, 0.6) is 0 Å². The zero-order valence-corrected chi connectivity index (χ0v) is 12.7. The first kappa shape index (κ1) is 15.2. The van der Waals surface area contributed by atoms with Gasteiger partial charge in [-0.15, -0.1) is 0 Å². The molecule has 0 aliphatic heterocycles. The van der Waals surface area contributed by atoms with E-state index in [1.807, 2.05) is 31.5 Å². The monoisotopic (exact) mass is 269 g/mol. The van der Waals surface area contributed by atoms with Crippen molar-refractivity contribution < 1.29 is 4.55 Å². The van der Waals surface area contributed by atoms with Crippen molar-refractivity contribution in [2.45, 2.75) is 52.3 Å². The number of aryl methyl sites for hydroxylation is 1. The number of hydrogen-bond acceptors (Lipinski definition) is 3. The molecule has 1 aromatic rings. The summed E-state index contributed by atoms with van der Waals surface area (Å²) in [5.41, 5.74) is 0.761. The van der Waals surface area contributed by atoms with Crippen LogP contribution in [0.25, 0.3) is 0 Å². The van der Waals surface area contributed by atoms with Crippen molar-refractivity contribution in [1.82, 2.24) is 9.55 Å². The molecule has 102 valence electrons. The van der Waals surface area contributed by atoms with E-state index in [0.717, 1.165) is 18.7 Å². The minimum atomic E-state index is -1.22. The van der Waals surface area contributed by atoms with Crippen LogP contribution in [0.4, 0.5) is 0 Å². The van der Waals surface area contributed by atoms with Crippen molar-refractivity contribution in [3.63, 3.8) is 0 Å². The Kier molecular flexibility index (Phi) is 5.41. The van der Waals surface area contributed by atoms with Gasteiger partial charge in [-0.1, -0.05) is 18.2 Å². The van der Waals surface area contributed by atoms with E-state index in [-0.39, 0.29) is 4.75 Å². The van der Waals surface area contributed by atoms with Gasteiger partial charge in [0.15, 0.2) is 0 Å². The van der Waals surface area contributed by atoms with Crippen molar-refractivity contribution in [3.05, 3.63) is 18.2 Å². The average Bonchev–Trinajstić information content (AvgIpc) is 2.69. The van der Waals surface area contributed by atoms with Gasteiger partial charge in [-0.25, -0.2) is 4.98 Å². The Balaban J connectivity index is 2.56. The first-order chi connectivity index (χ1) is 8.29. The van der Waals surface area contributed by atoms with E-state index in [2.05, 4.69) is 23.2 Å². The molecule has 18 heavy (non-hydrogen) atoms. The first-order valence-corrected chi connectivity index (χ1v) is 7.37. The van der Waals surface area contributed by atoms with Crippen LogP contribution in [0, 0.1) is 5.92 Å². The van der Waals surface area contributed by atoms with Gasteiger partial charge in [-0.3, -0.25) is 0 Å². The predicted molar refractivity (Wildman–Crippen MR) is 77.2 cm³/mol. The molecule has 0 radical (unpaired) electrons. The highest BCUT2D eigenvalue weighted by molar-refractivity contribution is 7.91. The van der Waals surface area contributed by atoms with Crippen molar-refractivity contribution in [1.29, 1.82) is 0 Å². The van der Waals surface area contributed by atoms with Gasteiger partial charge >= 0.3 is 0 Å². The molecule has 1 atom stereocenters. The number of rotatable bonds is 5. The molecule has 0 bridgehead atoms. The van der Waals surface area contributed by atoms with Crippen molar-refractivity contribution in [2.24, 2.45) is 10.3 Å². The van der Waals surface area contributed by atoms with Gasteiger partial charge in [0.05, 0.1) is 6.33 Å². The van der Waals surface area contributed by atoms with Gasteiger partial charge < -0.3 is 9.12 Å². The summed E-state index contributed by atoms with van der Waals surface area (Å²) in [6.07, 6.45) is 6.45. The van der Waals surface area contributed by atoms with Crippen LogP contribution in [0.15, 0.2) is 16.9 Å². The maximum Gasteiger partial charge on any atom is 0.144 e. The Labute approximate surface area is 113 Å². The minimum Gasteiger partial charge on any atom is -0.591 e. The number of aromatic nitrogens is 2. The van der Waals surface area contributed by atoms with E-state index in [0.29, 0.717) is 5.92 Å². The van der Waals surface area contributed by atoms with Crippen molar-refractivity contribution in [3.8, 4) is 0 Å². The summed E-state index contributed by atoms with van der Waals surface area (Å²) in [4.78, 5) is 4.23. The van der Waals surface area contributed by atoms with Crippen LogP contribution in [-0.4, -0.2) is 25.1 Å². The molecule has 1 aromatic heterocycles. The number of nitrogens with zero attached hydrogens (tertiary/aromatic N) is 3. The molecule has 1 heterocycles. The summed E-state index contributed by atoms with van der Waals surface area (Å²) in [5.74, 6) is 0.679. The van der Waals surface area contributed by atoms with Gasteiger partial charge in [0.2, 0.25) is 0 Å². The van der Waals surface area contributed by atoms with Crippen molar-refractivity contribution >= 4 is 17.6 Å². The molecule has 0 unspecified atom stereocenters. The summed E-state index contributed by atoms with van der Waals surface area (Å²) in [6, 6.07) is 0. The Bertz CT molecular complexity index is 393. The second-order valence-electron chi connectivity index (χ2n) is 5.81. The molecule has 0 aliphatic carbocycles. The molecule has 0 aliphatic rings. The van der Waals surface area contributed by atoms with Gasteiger partial charge in [-0.05, 0) is 33.1 Å². The van der Waals surface area contributed by atoms with Gasteiger partial charge in [0.25, 0.3) is 0 Å². The quantitative estimate of drug-likeness (QED) is 0.609. The molecular formula is C13H23N3OS. The standard InChI is InChI=1S/C13H23N3OS/c1-11(2)6-7-16-9-12(14-10-16)8-15-18(17)13(3,4)5/h8-11H,6-7H2,1-5H3/b15-8+/t18-/m0/s1. The third-order valence-corrected chi connectivity index (χ3v) is 3.77. The van der Waals surface area contributed by atoms with Crippen LogP contribution >= 0.6 is 0 Å². The highest BCUT2D eigenvalue weighted by atomic mass is 32.2. The third-order valence-electron chi connectivity index (χ3n) is 2.42. The lowest BCUT2D eigenvalue weighted by Crippen LogP contribution is -2.25. The van der Waals surface area contributed by atoms with Gasteiger partial charge in [0.1, 0.15) is 28.0 Å². The molecule has 5 heteroatoms. The fraction of sp³-hybridized carbons (Fsp3) is 0.692. The second kappa shape index (κ2) is 6.38. The molecule has 1 rings (SSSR count). The van der Waals surface area contributed by atoms with Gasteiger partial charge in [0, 0.05) is 12.7 Å². The molecule has 0 amide bonds. The molecule has 0 aromatic carbocycles. The summed E-state index contributed by atoms with van der Waals surface area (Å²) >= 11 is -1.22. The Hall–Kier alpha value is -0.810. The zero-order chi connectivity index (χ0) is 13.8. The average molecular weight is 269 g/mol. The lowest BCUT2D eigenvalue weighted by Gasteiger charge is -2.17. The van der Waals surface area contributed by atoms with Crippen LogP contribution in [0.2, 0.25) is 0 Å². The van der Waals surface area contributed by atoms with E-state index in [9.17, 15) is 4.55 Å². The summed E-state index contributed by atoms with van der Waals surface area (Å²) in [5, 5.41) is 0. The maximum absolute atomic E-state index is 11.7. The van der Waals surface area contributed by atoms with E-state index in [1.165, 1.54) is 0 Å². The molecular weight excluding hydrogens is 246 g/mol. The van der Waals surface area contributed by atoms with Crippen LogP contribution in [0.3, 0.4) is 0 Å². The van der Waals surface area contributed by atoms with Gasteiger partial charge in [-0.2, -0.15) is 0 Å². The lowest BCUT2D eigenvalue weighted by atomic mass is 10.1. The number of imidazole rings is 1. The summed E-state index contributed by atoms with van der Waals surface area (Å²) < 4.78 is 17.5. The normalized spacial score (nSPS) is 14.6. The highest BCUT2D eigenvalue weighted by Crippen LogP contribution is 2.16. The molecule has 0 spiro atoms. The maximum atomic E-state index is 11.7. The Morgan fingerprint density at radius 3 is 2.72 bits per heavy atom. The Morgan fingerprint density at radius 2 is 2.17 bits per heavy atom. The minimum absolute atomic E-state index is 0.323. The van der Waals surface area contributed by atoms with Crippen LogP contribution in [-0.2, 0) is 17.9 Å². The summed E-state index contributed by atoms with van der Waals surface area (Å²) in [7, 11) is 0. The first-order valence-electron chi connectivity index (χ1n) is 6.27. The van der Waals surface area contributed by atoms with E-state index < -0.39 is 11.4 Å². The molecule has 0 saturated carbocycles.